The van der Waals surface area contributed by atoms with Crippen LogP contribution in [-0.2, 0) is 11.3 Å². The van der Waals surface area contributed by atoms with Crippen molar-refractivity contribution in [2.75, 3.05) is 50.5 Å². The summed E-state index contributed by atoms with van der Waals surface area (Å²) in [6, 6.07) is 11.7. The van der Waals surface area contributed by atoms with Crippen LogP contribution in [0, 0.1) is 6.92 Å². The molecular formula is C27H30F3N9O. The van der Waals surface area contributed by atoms with Crippen LogP contribution in [0.15, 0.2) is 42.6 Å². The number of pyridine rings is 1. The number of nitrogens with zero attached hydrogens (tertiary/aromatic N) is 7. The summed E-state index contributed by atoms with van der Waals surface area (Å²) in [6.45, 7) is 4.02. The number of hydrogen-bond acceptors (Lipinski definition) is 8. The molecule has 1 aliphatic rings. The first kappa shape index (κ1) is 27.3. The van der Waals surface area contributed by atoms with Crippen molar-refractivity contribution < 1.29 is 18.0 Å². The number of piperazine rings is 1. The quantitative estimate of drug-likeness (QED) is 0.352. The molecule has 1 amide bonds. The topological polar surface area (TPSA) is 106 Å². The number of fused-ring (bicyclic) bond motifs is 1. The van der Waals surface area contributed by atoms with Crippen LogP contribution in [0.5, 0.6) is 0 Å². The Morgan fingerprint density at radius 1 is 1.05 bits per heavy atom. The van der Waals surface area contributed by atoms with Crippen molar-refractivity contribution in [1.82, 2.24) is 34.7 Å². The Labute approximate surface area is 229 Å². The zero-order chi connectivity index (χ0) is 28.4. The van der Waals surface area contributed by atoms with Crippen molar-refractivity contribution in [3.8, 4) is 11.3 Å². The molecule has 40 heavy (non-hydrogen) atoms. The molecule has 0 atom stereocenters. The van der Waals surface area contributed by atoms with Gasteiger partial charge in [0.25, 0.3) is 0 Å². The van der Waals surface area contributed by atoms with E-state index in [-0.39, 0.29) is 13.1 Å². The van der Waals surface area contributed by atoms with E-state index >= 15 is 0 Å². The van der Waals surface area contributed by atoms with Crippen LogP contribution in [0.2, 0.25) is 0 Å². The van der Waals surface area contributed by atoms with E-state index < -0.39 is 18.5 Å². The fourth-order valence-electron chi connectivity index (χ4n) is 4.62. The first-order chi connectivity index (χ1) is 19.0. The molecule has 1 aromatic carbocycles. The number of alkyl halides is 3. The SMILES string of the molecule is Cc1nc(-c2ccc3nc(Nc4cc(CN5CCN(C(=O)CC(F)(F)F)CC5)ccn4)[nH]c3c2)cc(N(C)C)n1. The first-order valence-electron chi connectivity index (χ1n) is 12.8. The van der Waals surface area contributed by atoms with Gasteiger partial charge in [0.05, 0.1) is 16.7 Å². The van der Waals surface area contributed by atoms with Gasteiger partial charge in [0.1, 0.15) is 23.9 Å². The average molecular weight is 554 g/mol. The number of benzene rings is 1. The second kappa shape index (κ2) is 11.1. The van der Waals surface area contributed by atoms with E-state index in [2.05, 4.69) is 35.1 Å². The Bertz CT molecular complexity index is 1510. The van der Waals surface area contributed by atoms with Crippen LogP contribution >= 0.6 is 0 Å². The monoisotopic (exact) mass is 553 g/mol. The van der Waals surface area contributed by atoms with Gasteiger partial charge in [-0.25, -0.2) is 19.9 Å². The van der Waals surface area contributed by atoms with Gasteiger partial charge < -0.3 is 20.1 Å². The summed E-state index contributed by atoms with van der Waals surface area (Å²) in [7, 11) is 3.88. The highest BCUT2D eigenvalue weighted by molar-refractivity contribution is 5.83. The lowest BCUT2D eigenvalue weighted by Crippen LogP contribution is -2.49. The molecule has 0 radical (unpaired) electrons. The third kappa shape index (κ3) is 6.65. The van der Waals surface area contributed by atoms with Gasteiger partial charge >= 0.3 is 6.18 Å². The molecule has 210 valence electrons. The molecule has 1 saturated heterocycles. The predicted octanol–water partition coefficient (Wildman–Crippen LogP) is 4.13. The van der Waals surface area contributed by atoms with Crippen molar-refractivity contribution in [3.05, 3.63) is 54.0 Å². The number of imidazole rings is 1. The number of aryl methyl sites for hydroxylation is 1. The number of amides is 1. The minimum atomic E-state index is -4.48. The maximum Gasteiger partial charge on any atom is 0.397 e. The maximum atomic E-state index is 12.5. The molecule has 0 spiro atoms. The van der Waals surface area contributed by atoms with Gasteiger partial charge in [0.15, 0.2) is 0 Å². The number of aromatic nitrogens is 5. The van der Waals surface area contributed by atoms with Crippen molar-refractivity contribution in [1.29, 1.82) is 0 Å². The Morgan fingerprint density at radius 2 is 1.82 bits per heavy atom. The first-order valence-corrected chi connectivity index (χ1v) is 12.8. The van der Waals surface area contributed by atoms with E-state index in [1.165, 1.54) is 4.90 Å². The molecule has 0 bridgehead atoms. The molecule has 13 heteroatoms. The van der Waals surface area contributed by atoms with E-state index in [0.29, 0.717) is 37.2 Å². The second-order valence-electron chi connectivity index (χ2n) is 9.99. The molecular weight excluding hydrogens is 523 g/mol. The highest BCUT2D eigenvalue weighted by atomic mass is 19.4. The number of nitrogens with one attached hydrogen (secondary N) is 2. The normalized spacial score (nSPS) is 14.5. The van der Waals surface area contributed by atoms with E-state index in [4.69, 9.17) is 0 Å². The van der Waals surface area contributed by atoms with Gasteiger partial charge in [-0.2, -0.15) is 13.2 Å². The third-order valence-electron chi connectivity index (χ3n) is 6.61. The molecule has 5 rings (SSSR count). The van der Waals surface area contributed by atoms with E-state index in [9.17, 15) is 18.0 Å². The largest absolute Gasteiger partial charge is 0.397 e. The molecule has 0 aliphatic carbocycles. The van der Waals surface area contributed by atoms with E-state index in [1.54, 1.807) is 6.20 Å². The van der Waals surface area contributed by atoms with Gasteiger partial charge in [-0.15, -0.1) is 0 Å². The molecule has 1 fully saturated rings. The summed E-state index contributed by atoms with van der Waals surface area (Å²) >= 11 is 0. The number of halogens is 3. The molecule has 4 aromatic rings. The van der Waals surface area contributed by atoms with Crippen LogP contribution in [0.25, 0.3) is 22.3 Å². The lowest BCUT2D eigenvalue weighted by atomic mass is 10.1. The van der Waals surface area contributed by atoms with Crippen molar-refractivity contribution in [2.45, 2.75) is 26.1 Å². The zero-order valence-corrected chi connectivity index (χ0v) is 22.5. The lowest BCUT2D eigenvalue weighted by Gasteiger charge is -2.35. The third-order valence-corrected chi connectivity index (χ3v) is 6.61. The van der Waals surface area contributed by atoms with Gasteiger partial charge in [-0.1, -0.05) is 6.07 Å². The highest BCUT2D eigenvalue weighted by Crippen LogP contribution is 2.26. The standard InChI is InChI=1S/C27H30F3N9O/c1-17-32-21(14-24(33-17)37(2)3)19-4-5-20-22(13-19)35-26(34-20)36-23-12-18(6-7-31-23)16-38-8-10-39(11-9-38)25(40)15-27(28,29)30/h4-7,12-14H,8-11,15-16H2,1-3H3,(H2,31,34,35,36). The van der Waals surface area contributed by atoms with Crippen molar-refractivity contribution >= 4 is 34.5 Å². The summed E-state index contributed by atoms with van der Waals surface area (Å²) < 4.78 is 37.6. The molecule has 1 aliphatic heterocycles. The smallest absolute Gasteiger partial charge is 0.363 e. The second-order valence-corrected chi connectivity index (χ2v) is 9.99. The van der Waals surface area contributed by atoms with E-state index in [1.807, 2.05) is 62.3 Å². The number of hydrogen-bond donors (Lipinski definition) is 2. The van der Waals surface area contributed by atoms with Crippen LogP contribution in [-0.4, -0.2) is 87.1 Å². The van der Waals surface area contributed by atoms with Gasteiger partial charge in [0.2, 0.25) is 11.9 Å². The van der Waals surface area contributed by atoms with Crippen LogP contribution in [0.4, 0.5) is 30.8 Å². The molecule has 4 heterocycles. The molecule has 0 saturated carbocycles. The van der Waals surface area contributed by atoms with Crippen molar-refractivity contribution in [3.63, 3.8) is 0 Å². The molecule has 10 nitrogen and oxygen atoms in total. The number of H-pyrrole nitrogens is 1. The Balaban J connectivity index is 1.23. The summed E-state index contributed by atoms with van der Waals surface area (Å²) in [5.41, 5.74) is 4.39. The van der Waals surface area contributed by atoms with Gasteiger partial charge in [-0.05, 0) is 36.8 Å². The fraction of sp³-hybridized carbons (Fsp3) is 0.370. The molecule has 0 unspecified atom stereocenters. The van der Waals surface area contributed by atoms with Crippen LogP contribution in [0.3, 0.4) is 0 Å². The molecule has 3 aromatic heterocycles. The van der Waals surface area contributed by atoms with Crippen LogP contribution < -0.4 is 10.2 Å². The van der Waals surface area contributed by atoms with Gasteiger partial charge in [0, 0.05) is 64.6 Å². The fourth-order valence-corrected chi connectivity index (χ4v) is 4.62. The van der Waals surface area contributed by atoms with Gasteiger partial charge in [-0.3, -0.25) is 9.69 Å². The minimum Gasteiger partial charge on any atom is -0.363 e. The average Bonchev–Trinajstić information content (AvgIpc) is 3.29. The number of rotatable bonds is 7. The highest BCUT2D eigenvalue weighted by Gasteiger charge is 2.34. The lowest BCUT2D eigenvalue weighted by molar-refractivity contribution is -0.162. The minimum absolute atomic E-state index is 0.275. The Kier molecular flexibility index (Phi) is 7.57. The summed E-state index contributed by atoms with van der Waals surface area (Å²) in [5, 5.41) is 3.22. The zero-order valence-electron chi connectivity index (χ0n) is 22.5. The Morgan fingerprint density at radius 3 is 2.55 bits per heavy atom. The number of carbonyl (C=O) groups is 1. The van der Waals surface area contributed by atoms with E-state index in [0.717, 1.165) is 33.7 Å². The van der Waals surface area contributed by atoms with Crippen LogP contribution in [0.1, 0.15) is 17.8 Å². The number of carbonyl (C=O) groups excluding carboxylic acids is 1. The Hall–Kier alpha value is -4.26. The summed E-state index contributed by atoms with van der Waals surface area (Å²) in [6.07, 6.45) is -4.20. The van der Waals surface area contributed by atoms with Crippen molar-refractivity contribution in [2.24, 2.45) is 0 Å². The summed E-state index contributed by atoms with van der Waals surface area (Å²) in [5.74, 6) is 1.80. The molecule has 2 N–H and O–H groups in total. The maximum absolute atomic E-state index is 12.5. The number of aromatic amines is 1. The summed E-state index contributed by atoms with van der Waals surface area (Å²) in [4.78, 5) is 38.6. The number of anilines is 3. The predicted molar refractivity (Wildman–Crippen MR) is 146 cm³/mol.